The van der Waals surface area contributed by atoms with Crippen molar-refractivity contribution < 1.29 is 9.90 Å². The number of nitrogens with zero attached hydrogens (tertiary/aromatic N) is 2. The van der Waals surface area contributed by atoms with Gasteiger partial charge in [-0.2, -0.15) is 0 Å². The number of aliphatic hydroxyl groups excluding tert-OH is 1. The maximum Gasteiger partial charge on any atom is 0.231 e. The highest BCUT2D eigenvalue weighted by atomic mass is 32.1. The first-order valence-electron chi connectivity index (χ1n) is 8.09. The lowest BCUT2D eigenvalue weighted by Gasteiger charge is -2.15. The summed E-state index contributed by atoms with van der Waals surface area (Å²) in [5, 5.41) is 15.0. The van der Waals surface area contributed by atoms with Gasteiger partial charge < -0.3 is 15.3 Å². The lowest BCUT2D eigenvalue weighted by Crippen LogP contribution is -2.22. The molecule has 0 spiro atoms. The Bertz CT molecular complexity index is 653. The van der Waals surface area contributed by atoms with Gasteiger partial charge in [-0.05, 0) is 39.4 Å². The second-order valence-corrected chi connectivity index (χ2v) is 7.14. The minimum atomic E-state index is -0.288. The molecule has 0 aliphatic heterocycles. The number of nitrogens with one attached hydrogen (secondary N) is 1. The Balaban J connectivity index is 1.82. The highest BCUT2D eigenvalue weighted by molar-refractivity contribution is 7.09. The fourth-order valence-electron chi connectivity index (χ4n) is 2.24. The molecule has 2 N–H and O–H groups in total. The normalized spacial score (nSPS) is 12.4. The minimum absolute atomic E-state index is 0.0535. The van der Waals surface area contributed by atoms with Gasteiger partial charge in [-0.15, -0.1) is 11.3 Å². The zero-order valence-electron chi connectivity index (χ0n) is 14.5. The average Bonchev–Trinajstić information content (AvgIpc) is 2.94. The van der Waals surface area contributed by atoms with Crippen molar-refractivity contribution >= 4 is 22.9 Å². The number of thiazole rings is 1. The van der Waals surface area contributed by atoms with Gasteiger partial charge >= 0.3 is 0 Å². The molecule has 6 heteroatoms. The molecule has 0 radical (unpaired) electrons. The van der Waals surface area contributed by atoms with Gasteiger partial charge in [0.2, 0.25) is 5.91 Å². The number of rotatable bonds is 8. The van der Waals surface area contributed by atoms with E-state index in [0.29, 0.717) is 0 Å². The van der Waals surface area contributed by atoms with Crippen LogP contribution in [-0.2, 0) is 17.8 Å². The van der Waals surface area contributed by atoms with Crippen molar-refractivity contribution in [2.24, 2.45) is 0 Å². The lowest BCUT2D eigenvalue weighted by atomic mass is 10.2. The SMILES string of the molecule is Cc1ccc(NC(=O)Cc2nc(CN(C)CCC(C)O)cs2)cc1. The van der Waals surface area contributed by atoms with Crippen LogP contribution in [0.2, 0.25) is 0 Å². The lowest BCUT2D eigenvalue weighted by molar-refractivity contribution is -0.115. The fourth-order valence-corrected chi connectivity index (χ4v) is 3.03. The van der Waals surface area contributed by atoms with E-state index < -0.39 is 0 Å². The van der Waals surface area contributed by atoms with Crippen LogP contribution in [0.5, 0.6) is 0 Å². The van der Waals surface area contributed by atoms with Crippen LogP contribution in [0.1, 0.15) is 29.6 Å². The van der Waals surface area contributed by atoms with E-state index in [1.54, 1.807) is 6.92 Å². The quantitative estimate of drug-likeness (QED) is 0.771. The third kappa shape index (κ3) is 6.39. The van der Waals surface area contributed by atoms with Gasteiger partial charge in [0.15, 0.2) is 0 Å². The van der Waals surface area contributed by atoms with Crippen LogP contribution in [0.25, 0.3) is 0 Å². The first kappa shape index (κ1) is 18.6. The van der Waals surface area contributed by atoms with Crippen molar-refractivity contribution in [1.82, 2.24) is 9.88 Å². The van der Waals surface area contributed by atoms with Crippen molar-refractivity contribution in [3.63, 3.8) is 0 Å². The number of anilines is 1. The van der Waals surface area contributed by atoms with Crippen LogP contribution >= 0.6 is 11.3 Å². The number of benzene rings is 1. The van der Waals surface area contributed by atoms with Crippen molar-refractivity contribution in [3.8, 4) is 0 Å². The summed E-state index contributed by atoms with van der Waals surface area (Å²) in [4.78, 5) is 18.7. The molecule has 1 aromatic carbocycles. The summed E-state index contributed by atoms with van der Waals surface area (Å²) in [5.41, 5.74) is 2.93. The molecule has 2 aromatic rings. The molecule has 5 nitrogen and oxygen atoms in total. The Morgan fingerprint density at radius 3 is 2.75 bits per heavy atom. The largest absolute Gasteiger partial charge is 0.393 e. The first-order chi connectivity index (χ1) is 11.4. The van der Waals surface area contributed by atoms with Crippen LogP contribution in [0, 0.1) is 6.92 Å². The Morgan fingerprint density at radius 2 is 2.08 bits per heavy atom. The summed E-state index contributed by atoms with van der Waals surface area (Å²) in [5.74, 6) is -0.0535. The molecule has 0 saturated heterocycles. The number of carbonyl (C=O) groups excluding carboxylic acids is 1. The van der Waals surface area contributed by atoms with E-state index in [2.05, 4.69) is 15.2 Å². The molecule has 1 aromatic heterocycles. The van der Waals surface area contributed by atoms with Crippen molar-refractivity contribution in [3.05, 3.63) is 45.9 Å². The van der Waals surface area contributed by atoms with Crippen LogP contribution in [0.15, 0.2) is 29.6 Å². The van der Waals surface area contributed by atoms with Gasteiger partial charge in [0.05, 0.1) is 18.2 Å². The summed E-state index contributed by atoms with van der Waals surface area (Å²) in [7, 11) is 2.01. The number of aromatic nitrogens is 1. The molecule has 0 aliphatic rings. The topological polar surface area (TPSA) is 65.5 Å². The van der Waals surface area contributed by atoms with Gasteiger partial charge in [0.1, 0.15) is 5.01 Å². The number of carbonyl (C=O) groups is 1. The molecule has 1 unspecified atom stereocenters. The van der Waals surface area contributed by atoms with Crippen molar-refractivity contribution in [2.75, 3.05) is 18.9 Å². The smallest absolute Gasteiger partial charge is 0.231 e. The Morgan fingerprint density at radius 1 is 1.38 bits per heavy atom. The molecule has 1 atom stereocenters. The number of hydrogen-bond donors (Lipinski definition) is 2. The molecule has 0 bridgehead atoms. The minimum Gasteiger partial charge on any atom is -0.393 e. The zero-order valence-corrected chi connectivity index (χ0v) is 15.3. The average molecular weight is 347 g/mol. The molecule has 130 valence electrons. The van der Waals surface area contributed by atoms with E-state index in [4.69, 9.17) is 0 Å². The van der Waals surface area contributed by atoms with E-state index in [1.165, 1.54) is 11.3 Å². The van der Waals surface area contributed by atoms with Crippen LogP contribution in [0.4, 0.5) is 5.69 Å². The van der Waals surface area contributed by atoms with E-state index in [1.807, 2.05) is 43.6 Å². The van der Waals surface area contributed by atoms with Crippen molar-refractivity contribution in [2.45, 2.75) is 39.3 Å². The summed E-state index contributed by atoms with van der Waals surface area (Å²) in [6.45, 7) is 5.35. The molecule has 2 rings (SSSR count). The molecular formula is C18H25N3O2S. The van der Waals surface area contributed by atoms with E-state index in [9.17, 15) is 9.90 Å². The summed E-state index contributed by atoms with van der Waals surface area (Å²) in [6, 6.07) is 7.75. The Labute approximate surface area is 147 Å². The molecule has 1 amide bonds. The van der Waals surface area contributed by atoms with Gasteiger partial charge in [0, 0.05) is 24.2 Å². The molecule has 0 aliphatic carbocycles. The van der Waals surface area contributed by atoms with Crippen LogP contribution < -0.4 is 5.32 Å². The van der Waals surface area contributed by atoms with E-state index in [0.717, 1.165) is 41.5 Å². The van der Waals surface area contributed by atoms with E-state index in [-0.39, 0.29) is 18.4 Å². The molecule has 1 heterocycles. The van der Waals surface area contributed by atoms with Crippen molar-refractivity contribution in [1.29, 1.82) is 0 Å². The van der Waals surface area contributed by atoms with Gasteiger partial charge in [-0.25, -0.2) is 4.98 Å². The van der Waals surface area contributed by atoms with E-state index >= 15 is 0 Å². The molecule has 0 fully saturated rings. The second-order valence-electron chi connectivity index (χ2n) is 6.20. The number of aryl methyl sites for hydroxylation is 1. The predicted molar refractivity (Wildman–Crippen MR) is 98.3 cm³/mol. The standard InChI is InChI=1S/C18H25N3O2S/c1-13-4-6-15(7-5-13)19-17(23)10-18-20-16(12-24-18)11-21(3)9-8-14(2)22/h4-7,12,14,22H,8-11H2,1-3H3,(H,19,23). The van der Waals surface area contributed by atoms with Gasteiger partial charge in [-0.1, -0.05) is 17.7 Å². The van der Waals surface area contributed by atoms with Crippen LogP contribution in [0.3, 0.4) is 0 Å². The summed E-state index contributed by atoms with van der Waals surface area (Å²) >= 11 is 1.51. The highest BCUT2D eigenvalue weighted by Gasteiger charge is 2.10. The monoisotopic (exact) mass is 347 g/mol. The zero-order chi connectivity index (χ0) is 17.5. The predicted octanol–water partition coefficient (Wildman–Crippen LogP) is 2.84. The van der Waals surface area contributed by atoms with Gasteiger partial charge in [-0.3, -0.25) is 4.79 Å². The first-order valence-corrected chi connectivity index (χ1v) is 8.96. The molecule has 24 heavy (non-hydrogen) atoms. The van der Waals surface area contributed by atoms with Gasteiger partial charge in [0.25, 0.3) is 0 Å². The molecule has 0 saturated carbocycles. The van der Waals surface area contributed by atoms with Crippen LogP contribution in [-0.4, -0.2) is 40.6 Å². The number of hydrogen-bond acceptors (Lipinski definition) is 5. The third-order valence-electron chi connectivity index (χ3n) is 3.61. The Kier molecular flexibility index (Phi) is 6.90. The second kappa shape index (κ2) is 8.92. The third-order valence-corrected chi connectivity index (χ3v) is 4.50. The maximum absolute atomic E-state index is 12.1. The summed E-state index contributed by atoms with van der Waals surface area (Å²) < 4.78 is 0. The summed E-state index contributed by atoms with van der Waals surface area (Å²) in [6.07, 6.45) is 0.742. The fraction of sp³-hybridized carbons (Fsp3) is 0.444. The highest BCUT2D eigenvalue weighted by Crippen LogP contribution is 2.14. The Hall–Kier alpha value is -1.76. The number of aliphatic hydroxyl groups is 1. The number of amides is 1. The molecular weight excluding hydrogens is 322 g/mol. The maximum atomic E-state index is 12.1.